The zero-order valence-corrected chi connectivity index (χ0v) is 19.0. The van der Waals surface area contributed by atoms with E-state index in [0.29, 0.717) is 18.7 Å². The maximum absolute atomic E-state index is 13.9. The van der Waals surface area contributed by atoms with Gasteiger partial charge in [0, 0.05) is 56.6 Å². The summed E-state index contributed by atoms with van der Waals surface area (Å²) in [6.07, 6.45) is 6.47. The number of rotatable bonds is 5. The number of halogens is 2. The van der Waals surface area contributed by atoms with Crippen LogP contribution in [0.5, 0.6) is 5.75 Å². The molecular weight excluding hydrogens is 446 g/mol. The molecule has 3 heterocycles. The Morgan fingerprint density at radius 3 is 2.68 bits per heavy atom. The highest BCUT2D eigenvalue weighted by molar-refractivity contribution is 5.94. The third-order valence-corrected chi connectivity index (χ3v) is 6.66. The van der Waals surface area contributed by atoms with Crippen molar-refractivity contribution < 1.29 is 23.5 Å². The van der Waals surface area contributed by atoms with Crippen molar-refractivity contribution in [3.8, 4) is 5.75 Å². The van der Waals surface area contributed by atoms with Gasteiger partial charge in [0.2, 0.25) is 11.3 Å². The Labute approximate surface area is 195 Å². The SMILES string of the molecule is CC(=O)N1CCC2CCCCN2C1Cn1cc(O)c(=O)c(C(=O)NCc2ccc(F)cc2F)c1. The first kappa shape index (κ1) is 23.9. The molecule has 0 aliphatic carbocycles. The summed E-state index contributed by atoms with van der Waals surface area (Å²) in [7, 11) is 0. The molecule has 2 aromatic rings. The minimum absolute atomic E-state index is 0.0569. The van der Waals surface area contributed by atoms with E-state index in [1.54, 1.807) is 9.47 Å². The molecule has 2 fully saturated rings. The standard InChI is InChI=1S/C24H28F2N4O4/c1-15(31)29-9-7-18-4-2-3-8-30(18)22(29)14-28-12-19(23(33)21(32)13-28)24(34)27-11-16-5-6-17(25)10-20(16)26/h5-6,10,12-13,18,22,32H,2-4,7-9,11,14H2,1H3,(H,27,34). The van der Waals surface area contributed by atoms with E-state index in [1.165, 1.54) is 25.4 Å². The van der Waals surface area contributed by atoms with Gasteiger partial charge in [-0.15, -0.1) is 0 Å². The van der Waals surface area contributed by atoms with Gasteiger partial charge in [-0.1, -0.05) is 12.5 Å². The Kier molecular flexibility index (Phi) is 6.97. The van der Waals surface area contributed by atoms with Crippen LogP contribution < -0.4 is 10.7 Å². The molecule has 0 spiro atoms. The lowest BCUT2D eigenvalue weighted by Crippen LogP contribution is -2.62. The maximum Gasteiger partial charge on any atom is 0.257 e. The monoisotopic (exact) mass is 474 g/mol. The summed E-state index contributed by atoms with van der Waals surface area (Å²) in [6, 6.07) is 3.36. The topological polar surface area (TPSA) is 94.9 Å². The number of aromatic nitrogens is 1. The van der Waals surface area contributed by atoms with E-state index in [1.807, 2.05) is 0 Å². The summed E-state index contributed by atoms with van der Waals surface area (Å²) in [5, 5.41) is 12.7. The molecular formula is C24H28F2N4O4. The third kappa shape index (κ3) is 4.96. The van der Waals surface area contributed by atoms with Crippen molar-refractivity contribution in [2.24, 2.45) is 0 Å². The van der Waals surface area contributed by atoms with Gasteiger partial charge in [-0.25, -0.2) is 8.78 Å². The van der Waals surface area contributed by atoms with E-state index in [4.69, 9.17) is 0 Å². The van der Waals surface area contributed by atoms with Gasteiger partial charge < -0.3 is 19.9 Å². The first-order valence-corrected chi connectivity index (χ1v) is 11.4. The number of pyridine rings is 1. The van der Waals surface area contributed by atoms with Gasteiger partial charge in [0.1, 0.15) is 23.4 Å². The molecule has 182 valence electrons. The van der Waals surface area contributed by atoms with E-state index in [0.717, 1.165) is 38.3 Å². The van der Waals surface area contributed by atoms with Crippen molar-refractivity contribution in [3.05, 3.63) is 63.6 Å². The summed E-state index contributed by atoms with van der Waals surface area (Å²) in [5.41, 5.74) is -1.09. The second-order valence-corrected chi connectivity index (χ2v) is 8.87. The highest BCUT2D eigenvalue weighted by atomic mass is 19.1. The molecule has 10 heteroatoms. The number of hydrogen-bond donors (Lipinski definition) is 2. The number of amides is 2. The van der Waals surface area contributed by atoms with Crippen molar-refractivity contribution in [2.45, 2.75) is 57.9 Å². The number of piperidine rings is 1. The van der Waals surface area contributed by atoms with Crippen LogP contribution in [0, 0.1) is 11.6 Å². The Balaban J connectivity index is 1.56. The predicted octanol–water partition coefficient (Wildman–Crippen LogP) is 2.19. The van der Waals surface area contributed by atoms with Crippen LogP contribution in [0.1, 0.15) is 48.5 Å². The number of fused-ring (bicyclic) bond motifs is 1. The van der Waals surface area contributed by atoms with Crippen LogP contribution in [0.3, 0.4) is 0 Å². The molecule has 0 radical (unpaired) electrons. The number of aromatic hydroxyl groups is 1. The molecule has 0 bridgehead atoms. The van der Waals surface area contributed by atoms with Gasteiger partial charge >= 0.3 is 0 Å². The zero-order chi connectivity index (χ0) is 24.4. The van der Waals surface area contributed by atoms with E-state index in [9.17, 15) is 28.3 Å². The van der Waals surface area contributed by atoms with Crippen LogP contribution >= 0.6 is 0 Å². The second kappa shape index (κ2) is 9.92. The second-order valence-electron chi connectivity index (χ2n) is 8.87. The van der Waals surface area contributed by atoms with Crippen molar-refractivity contribution in [2.75, 3.05) is 13.1 Å². The lowest BCUT2D eigenvalue weighted by atomic mass is 9.95. The Bertz CT molecular complexity index is 1150. The number of hydrogen-bond acceptors (Lipinski definition) is 5. The molecule has 1 aromatic heterocycles. The van der Waals surface area contributed by atoms with Crippen molar-refractivity contribution in [1.82, 2.24) is 19.7 Å². The number of carbonyl (C=O) groups is 2. The summed E-state index contributed by atoms with van der Waals surface area (Å²) in [4.78, 5) is 41.6. The highest BCUT2D eigenvalue weighted by Crippen LogP contribution is 2.29. The van der Waals surface area contributed by atoms with Crippen LogP contribution in [-0.4, -0.2) is 56.6 Å². The molecule has 4 rings (SSSR count). The Hall–Kier alpha value is -3.27. The third-order valence-electron chi connectivity index (χ3n) is 6.66. The Morgan fingerprint density at radius 2 is 1.94 bits per heavy atom. The maximum atomic E-state index is 13.9. The lowest BCUT2D eigenvalue weighted by molar-refractivity contribution is -0.143. The molecule has 2 N–H and O–H groups in total. The average Bonchev–Trinajstić information content (AvgIpc) is 2.80. The molecule has 2 atom stereocenters. The van der Waals surface area contributed by atoms with E-state index in [-0.39, 0.29) is 36.3 Å². The lowest BCUT2D eigenvalue weighted by Gasteiger charge is -2.50. The zero-order valence-electron chi connectivity index (χ0n) is 19.0. The van der Waals surface area contributed by atoms with Gasteiger partial charge in [-0.2, -0.15) is 0 Å². The van der Waals surface area contributed by atoms with E-state index < -0.39 is 28.7 Å². The van der Waals surface area contributed by atoms with Crippen molar-refractivity contribution in [3.63, 3.8) is 0 Å². The van der Waals surface area contributed by atoms with Crippen LogP contribution in [0.15, 0.2) is 35.4 Å². The van der Waals surface area contributed by atoms with E-state index in [2.05, 4.69) is 10.2 Å². The first-order valence-electron chi connectivity index (χ1n) is 11.4. The molecule has 0 saturated carbocycles. The number of nitrogens with one attached hydrogen (secondary N) is 1. The number of nitrogens with zero attached hydrogens (tertiary/aromatic N) is 3. The summed E-state index contributed by atoms with van der Waals surface area (Å²) in [5.74, 6) is -2.99. The molecule has 2 saturated heterocycles. The fourth-order valence-corrected chi connectivity index (χ4v) is 4.92. The fourth-order valence-electron chi connectivity index (χ4n) is 4.92. The van der Waals surface area contributed by atoms with Crippen LogP contribution in [0.25, 0.3) is 0 Å². The van der Waals surface area contributed by atoms with Gasteiger partial charge in [0.15, 0.2) is 5.75 Å². The summed E-state index contributed by atoms with van der Waals surface area (Å²) >= 11 is 0. The van der Waals surface area contributed by atoms with Gasteiger partial charge in [0.05, 0.1) is 6.54 Å². The van der Waals surface area contributed by atoms with Crippen LogP contribution in [-0.2, 0) is 17.9 Å². The van der Waals surface area contributed by atoms with Crippen molar-refractivity contribution in [1.29, 1.82) is 0 Å². The molecule has 1 aromatic carbocycles. The molecule has 2 amide bonds. The minimum atomic E-state index is -0.851. The molecule has 8 nitrogen and oxygen atoms in total. The summed E-state index contributed by atoms with van der Waals surface area (Å²) in [6.45, 7) is 3.02. The molecule has 2 aliphatic rings. The molecule has 34 heavy (non-hydrogen) atoms. The summed E-state index contributed by atoms with van der Waals surface area (Å²) < 4.78 is 28.5. The van der Waals surface area contributed by atoms with Crippen LogP contribution in [0.4, 0.5) is 8.78 Å². The quantitative estimate of drug-likeness (QED) is 0.693. The van der Waals surface area contributed by atoms with Crippen LogP contribution in [0.2, 0.25) is 0 Å². The van der Waals surface area contributed by atoms with Crippen molar-refractivity contribution >= 4 is 11.8 Å². The Morgan fingerprint density at radius 1 is 1.15 bits per heavy atom. The van der Waals surface area contributed by atoms with E-state index >= 15 is 0 Å². The number of benzene rings is 1. The highest BCUT2D eigenvalue weighted by Gasteiger charge is 2.38. The molecule has 2 unspecified atom stereocenters. The predicted molar refractivity (Wildman–Crippen MR) is 120 cm³/mol. The number of carbonyl (C=O) groups excluding carboxylic acids is 2. The fraction of sp³-hybridized carbons (Fsp3) is 0.458. The first-order chi connectivity index (χ1) is 16.2. The normalized spacial score (nSPS) is 20.6. The van der Waals surface area contributed by atoms with Gasteiger partial charge in [-0.3, -0.25) is 19.3 Å². The minimum Gasteiger partial charge on any atom is -0.503 e. The smallest absolute Gasteiger partial charge is 0.257 e. The van der Waals surface area contributed by atoms with Gasteiger partial charge in [-0.05, 0) is 25.3 Å². The largest absolute Gasteiger partial charge is 0.503 e. The van der Waals surface area contributed by atoms with Gasteiger partial charge in [0.25, 0.3) is 5.91 Å². The molecule has 2 aliphatic heterocycles. The average molecular weight is 475 g/mol.